The molecule has 1 aliphatic carbocycles. The number of rotatable bonds is 8. The van der Waals surface area contributed by atoms with Gasteiger partial charge in [0.2, 0.25) is 17.7 Å². The van der Waals surface area contributed by atoms with Crippen LogP contribution in [0.3, 0.4) is 0 Å². The second-order valence-electron chi connectivity index (χ2n) is 17.6. The van der Waals surface area contributed by atoms with Crippen LogP contribution in [-0.4, -0.2) is 87.5 Å². The molecule has 0 radical (unpaired) electrons. The average Bonchev–Trinajstić information content (AvgIpc) is 3.63. The molecule has 6 rings (SSSR count). The summed E-state index contributed by atoms with van der Waals surface area (Å²) in [6.45, 7) is 13.6. The Hall–Kier alpha value is -5.46. The van der Waals surface area contributed by atoms with Crippen molar-refractivity contribution in [1.82, 2.24) is 19.7 Å². The van der Waals surface area contributed by atoms with Gasteiger partial charge < -0.3 is 34.8 Å². The smallest absolute Gasteiger partial charge is 0.410 e. The van der Waals surface area contributed by atoms with Gasteiger partial charge in [0, 0.05) is 56.1 Å². The normalized spacial score (nSPS) is 18.4. The first-order valence-corrected chi connectivity index (χ1v) is 19.2. The summed E-state index contributed by atoms with van der Waals surface area (Å²) in [6, 6.07) is 17.0. The molecule has 1 unspecified atom stereocenters. The Bertz CT molecular complexity index is 2030. The Labute approximate surface area is 329 Å². The number of hydrogen-bond donors (Lipinski definition) is 2. The Balaban J connectivity index is 1.21. The molecule has 0 saturated carbocycles. The van der Waals surface area contributed by atoms with Crippen molar-refractivity contribution < 1.29 is 33.4 Å². The van der Waals surface area contributed by atoms with Gasteiger partial charge >= 0.3 is 12.2 Å². The van der Waals surface area contributed by atoms with E-state index in [2.05, 4.69) is 15.6 Å². The standard InChI is InChI=1S/C43H54N6O7/c1-40(2,3)55-38(53)47(8)25-29-12-9-10-13-30(29)26-49(37(52)42(7)17-20-48(21-18-42)39(54)56-41(4,5)6)27-34(50)45-32-16-15-28-23-43(24-31(28)22-32)33-14-11-19-44-35(33)46-36(43)51/h9-16,19,22H,17-18,20-21,23-27H2,1-8H3,(H,45,50)(H,44,46,51). The predicted octanol–water partition coefficient (Wildman–Crippen LogP) is 6.44. The van der Waals surface area contributed by atoms with E-state index in [1.807, 2.05) is 103 Å². The van der Waals surface area contributed by atoms with Gasteiger partial charge in [-0.1, -0.05) is 43.3 Å². The highest BCUT2D eigenvalue weighted by molar-refractivity contribution is 6.06. The topological polar surface area (TPSA) is 150 Å². The number of hydrogen-bond acceptors (Lipinski definition) is 8. The van der Waals surface area contributed by atoms with Crippen LogP contribution in [0.1, 0.15) is 89.1 Å². The van der Waals surface area contributed by atoms with Crippen LogP contribution in [0, 0.1) is 5.41 Å². The zero-order valence-corrected chi connectivity index (χ0v) is 33.8. The number of nitrogens with one attached hydrogen (secondary N) is 2. The number of nitrogens with zero attached hydrogens (tertiary/aromatic N) is 4. The number of anilines is 2. The fourth-order valence-electron chi connectivity index (χ4n) is 7.75. The molecule has 3 aliphatic rings. The second-order valence-corrected chi connectivity index (χ2v) is 17.6. The fraction of sp³-hybridized carbons (Fsp3) is 0.488. The molecule has 56 heavy (non-hydrogen) atoms. The van der Waals surface area contributed by atoms with Crippen LogP contribution in [-0.2, 0) is 55.2 Å². The molecule has 1 fully saturated rings. The second kappa shape index (κ2) is 15.2. The maximum Gasteiger partial charge on any atom is 0.410 e. The number of carbonyl (C=O) groups is 5. The van der Waals surface area contributed by atoms with Crippen molar-refractivity contribution in [3.8, 4) is 0 Å². The fourth-order valence-corrected chi connectivity index (χ4v) is 7.75. The van der Waals surface area contributed by atoms with E-state index in [0.29, 0.717) is 50.3 Å². The Morgan fingerprint density at radius 2 is 1.52 bits per heavy atom. The number of carbonyl (C=O) groups excluding carboxylic acids is 5. The number of ether oxygens (including phenoxy) is 2. The summed E-state index contributed by atoms with van der Waals surface area (Å²) in [5.41, 5.74) is 2.15. The first-order valence-electron chi connectivity index (χ1n) is 19.2. The van der Waals surface area contributed by atoms with E-state index in [0.717, 1.165) is 27.8 Å². The minimum absolute atomic E-state index is 0.0786. The number of benzene rings is 2. The number of fused-ring (bicyclic) bond motifs is 3. The summed E-state index contributed by atoms with van der Waals surface area (Å²) in [5, 5.41) is 5.94. The van der Waals surface area contributed by atoms with Crippen molar-refractivity contribution in [1.29, 1.82) is 0 Å². The minimum atomic E-state index is -0.851. The Morgan fingerprint density at radius 1 is 0.875 bits per heavy atom. The van der Waals surface area contributed by atoms with Gasteiger partial charge in [0.15, 0.2) is 0 Å². The van der Waals surface area contributed by atoms with Crippen LogP contribution in [0.2, 0.25) is 0 Å². The number of likely N-dealkylation sites (tertiary alicyclic amines) is 1. The summed E-state index contributed by atoms with van der Waals surface area (Å²) in [4.78, 5) is 76.5. The molecular formula is C43H54N6O7. The van der Waals surface area contributed by atoms with Crippen LogP contribution in [0.25, 0.3) is 0 Å². The van der Waals surface area contributed by atoms with Gasteiger partial charge in [-0.05, 0) is 108 Å². The zero-order chi connectivity index (χ0) is 40.6. The van der Waals surface area contributed by atoms with Crippen molar-refractivity contribution in [3.63, 3.8) is 0 Å². The van der Waals surface area contributed by atoms with E-state index in [4.69, 9.17) is 9.47 Å². The summed E-state index contributed by atoms with van der Waals surface area (Å²) < 4.78 is 11.2. The van der Waals surface area contributed by atoms with Gasteiger partial charge in [0.05, 0.1) is 5.41 Å². The quantitative estimate of drug-likeness (QED) is 0.266. The van der Waals surface area contributed by atoms with E-state index in [1.165, 1.54) is 4.90 Å². The highest BCUT2D eigenvalue weighted by Crippen LogP contribution is 2.47. The number of pyridine rings is 1. The average molecular weight is 767 g/mol. The Kier molecular flexibility index (Phi) is 10.9. The van der Waals surface area contributed by atoms with Gasteiger partial charge in [-0.25, -0.2) is 14.6 Å². The van der Waals surface area contributed by atoms with Gasteiger partial charge in [-0.15, -0.1) is 0 Å². The van der Waals surface area contributed by atoms with Crippen LogP contribution < -0.4 is 10.6 Å². The van der Waals surface area contributed by atoms with Crippen LogP contribution in [0.15, 0.2) is 60.8 Å². The zero-order valence-electron chi connectivity index (χ0n) is 33.8. The molecule has 5 amide bonds. The molecule has 13 heteroatoms. The van der Waals surface area contributed by atoms with Gasteiger partial charge in [-0.3, -0.25) is 14.4 Å². The first kappa shape index (κ1) is 40.2. The van der Waals surface area contributed by atoms with Crippen molar-refractivity contribution in [2.45, 2.75) is 104 Å². The van der Waals surface area contributed by atoms with E-state index in [-0.39, 0.29) is 37.4 Å². The third-order valence-corrected chi connectivity index (χ3v) is 10.7. The van der Waals surface area contributed by atoms with Crippen molar-refractivity contribution in [2.24, 2.45) is 5.41 Å². The third-order valence-electron chi connectivity index (χ3n) is 10.7. The Morgan fingerprint density at radius 3 is 2.18 bits per heavy atom. The maximum absolute atomic E-state index is 14.6. The molecule has 2 N–H and O–H groups in total. The van der Waals surface area contributed by atoms with Gasteiger partial charge in [-0.2, -0.15) is 0 Å². The maximum atomic E-state index is 14.6. The minimum Gasteiger partial charge on any atom is -0.444 e. The molecule has 298 valence electrons. The lowest BCUT2D eigenvalue weighted by Gasteiger charge is -2.41. The molecular weight excluding hydrogens is 713 g/mol. The molecule has 3 heterocycles. The van der Waals surface area contributed by atoms with Gasteiger partial charge in [0.25, 0.3) is 0 Å². The highest BCUT2D eigenvalue weighted by Gasteiger charge is 2.51. The molecule has 3 aromatic rings. The third kappa shape index (κ3) is 8.82. The molecule has 1 spiro atoms. The number of aromatic nitrogens is 1. The molecule has 2 aliphatic heterocycles. The SMILES string of the molecule is CN(Cc1ccccc1CN(CC(=O)Nc1ccc2c(c1)CC1(C2)C(=O)Nc2ncccc21)C(=O)C1(C)CCN(C(=O)OC(C)(C)C)CC1)C(=O)OC(C)(C)C. The molecule has 1 atom stereocenters. The molecule has 13 nitrogen and oxygen atoms in total. The van der Waals surface area contributed by atoms with Crippen LogP contribution >= 0.6 is 0 Å². The lowest BCUT2D eigenvalue weighted by Crippen LogP contribution is -2.51. The van der Waals surface area contributed by atoms with Crippen LogP contribution in [0.5, 0.6) is 0 Å². The molecule has 2 aromatic carbocycles. The van der Waals surface area contributed by atoms with Crippen molar-refractivity contribution >= 4 is 41.4 Å². The van der Waals surface area contributed by atoms with E-state index >= 15 is 0 Å². The largest absolute Gasteiger partial charge is 0.444 e. The lowest BCUT2D eigenvalue weighted by molar-refractivity contribution is -0.146. The monoisotopic (exact) mass is 766 g/mol. The van der Waals surface area contributed by atoms with E-state index in [1.54, 1.807) is 23.0 Å². The summed E-state index contributed by atoms with van der Waals surface area (Å²) in [6.07, 6.45) is 2.58. The highest BCUT2D eigenvalue weighted by atomic mass is 16.6. The number of amides is 5. The van der Waals surface area contributed by atoms with E-state index in [9.17, 15) is 24.0 Å². The summed E-state index contributed by atoms with van der Waals surface area (Å²) >= 11 is 0. The van der Waals surface area contributed by atoms with Gasteiger partial charge in [0.1, 0.15) is 23.6 Å². The molecule has 0 bridgehead atoms. The van der Waals surface area contributed by atoms with Crippen molar-refractivity contribution in [3.05, 3.63) is 88.6 Å². The molecule has 1 saturated heterocycles. The first-order chi connectivity index (χ1) is 26.2. The van der Waals surface area contributed by atoms with E-state index < -0.39 is 34.2 Å². The van der Waals surface area contributed by atoms with Crippen LogP contribution in [0.4, 0.5) is 21.1 Å². The van der Waals surface area contributed by atoms with Crippen molar-refractivity contribution in [2.75, 3.05) is 37.3 Å². The summed E-state index contributed by atoms with van der Waals surface area (Å²) in [5.74, 6) is -0.0736. The predicted molar refractivity (Wildman–Crippen MR) is 212 cm³/mol. The summed E-state index contributed by atoms with van der Waals surface area (Å²) in [7, 11) is 1.66. The lowest BCUT2D eigenvalue weighted by atomic mass is 9.79. The number of piperidine rings is 1. The molecule has 1 aromatic heterocycles.